The molecule has 0 amide bonds. The van der Waals surface area contributed by atoms with E-state index in [0.717, 1.165) is 6.92 Å². The average Bonchev–Trinajstić information content (AvgIpc) is 2.32. The van der Waals surface area contributed by atoms with Gasteiger partial charge in [0.2, 0.25) is 0 Å². The predicted octanol–water partition coefficient (Wildman–Crippen LogP) is 3.75. The molecule has 0 saturated carbocycles. The van der Waals surface area contributed by atoms with E-state index in [9.17, 15) is 8.78 Å². The summed E-state index contributed by atoms with van der Waals surface area (Å²) in [5.41, 5.74) is 8.27. The maximum Gasteiger partial charge on any atom is 0.270 e. The molecule has 18 heavy (non-hydrogen) atoms. The standard InChI is InChI=1S/C14H14F2N2/c1-9-12(17)6-7-13(18-9)10-4-3-5-11(8-10)14(2,15)16/h3-8H,17H2,1-2H3. The molecule has 94 valence electrons. The van der Waals surface area contributed by atoms with Crippen LogP contribution in [0.1, 0.15) is 18.2 Å². The number of nitrogens with zero attached hydrogens (tertiary/aromatic N) is 1. The van der Waals surface area contributed by atoms with Crippen LogP contribution in [0.3, 0.4) is 0 Å². The molecule has 2 aromatic rings. The Morgan fingerprint density at radius 1 is 1.17 bits per heavy atom. The van der Waals surface area contributed by atoms with Crippen molar-refractivity contribution in [1.29, 1.82) is 0 Å². The van der Waals surface area contributed by atoms with Crippen LogP contribution in [0.25, 0.3) is 11.3 Å². The number of aromatic nitrogens is 1. The third-order valence-corrected chi connectivity index (χ3v) is 2.79. The van der Waals surface area contributed by atoms with Crippen molar-refractivity contribution in [2.24, 2.45) is 0 Å². The molecule has 1 aromatic carbocycles. The normalized spacial score (nSPS) is 11.6. The van der Waals surface area contributed by atoms with E-state index in [2.05, 4.69) is 4.98 Å². The second-order valence-electron chi connectivity index (χ2n) is 4.34. The second kappa shape index (κ2) is 4.37. The van der Waals surface area contributed by atoms with E-state index in [-0.39, 0.29) is 5.56 Å². The van der Waals surface area contributed by atoms with Crippen molar-refractivity contribution in [1.82, 2.24) is 4.98 Å². The van der Waals surface area contributed by atoms with Gasteiger partial charge in [0, 0.05) is 18.1 Å². The molecule has 0 atom stereocenters. The molecule has 0 bridgehead atoms. The van der Waals surface area contributed by atoms with Gasteiger partial charge in [-0.25, -0.2) is 8.78 Å². The maximum absolute atomic E-state index is 13.3. The molecule has 0 saturated heterocycles. The molecule has 2 rings (SSSR count). The highest BCUT2D eigenvalue weighted by Gasteiger charge is 2.24. The number of hydrogen-bond donors (Lipinski definition) is 1. The minimum absolute atomic E-state index is 0.0173. The SMILES string of the molecule is Cc1nc(-c2cccc(C(C)(F)F)c2)ccc1N. The van der Waals surface area contributed by atoms with E-state index in [4.69, 9.17) is 5.73 Å². The summed E-state index contributed by atoms with van der Waals surface area (Å²) in [5, 5.41) is 0. The van der Waals surface area contributed by atoms with Gasteiger partial charge in [0.1, 0.15) is 0 Å². The van der Waals surface area contributed by atoms with Crippen molar-refractivity contribution in [3.63, 3.8) is 0 Å². The Labute approximate surface area is 104 Å². The summed E-state index contributed by atoms with van der Waals surface area (Å²) in [7, 11) is 0. The van der Waals surface area contributed by atoms with Gasteiger partial charge in [-0.3, -0.25) is 4.98 Å². The molecule has 0 fully saturated rings. The lowest BCUT2D eigenvalue weighted by Gasteiger charge is -2.12. The Kier molecular flexibility index (Phi) is 3.03. The molecule has 2 nitrogen and oxygen atoms in total. The lowest BCUT2D eigenvalue weighted by atomic mass is 10.0. The minimum atomic E-state index is -2.85. The predicted molar refractivity (Wildman–Crippen MR) is 68.4 cm³/mol. The lowest BCUT2D eigenvalue weighted by molar-refractivity contribution is 0.0175. The van der Waals surface area contributed by atoms with Crippen LogP contribution in [-0.4, -0.2) is 4.98 Å². The van der Waals surface area contributed by atoms with Crippen LogP contribution < -0.4 is 5.73 Å². The van der Waals surface area contributed by atoms with Crippen molar-refractivity contribution in [3.8, 4) is 11.3 Å². The third-order valence-electron chi connectivity index (χ3n) is 2.79. The number of rotatable bonds is 2. The summed E-state index contributed by atoms with van der Waals surface area (Å²) in [5.74, 6) is -2.85. The molecule has 2 N–H and O–H groups in total. The van der Waals surface area contributed by atoms with Crippen molar-refractivity contribution >= 4 is 5.69 Å². The van der Waals surface area contributed by atoms with Gasteiger partial charge in [-0.1, -0.05) is 18.2 Å². The van der Waals surface area contributed by atoms with E-state index in [1.807, 2.05) is 0 Å². The summed E-state index contributed by atoms with van der Waals surface area (Å²) in [6.07, 6.45) is 0. The number of benzene rings is 1. The Bertz CT molecular complexity index is 574. The smallest absolute Gasteiger partial charge is 0.270 e. The summed E-state index contributed by atoms with van der Waals surface area (Å²) < 4.78 is 26.5. The molecule has 0 aliphatic heterocycles. The summed E-state index contributed by atoms with van der Waals surface area (Å²) in [6.45, 7) is 2.67. The Morgan fingerprint density at radius 2 is 1.89 bits per heavy atom. The topological polar surface area (TPSA) is 38.9 Å². The number of alkyl halides is 2. The zero-order chi connectivity index (χ0) is 13.3. The molecule has 4 heteroatoms. The minimum Gasteiger partial charge on any atom is -0.397 e. The molecular formula is C14H14F2N2. The fraction of sp³-hybridized carbons (Fsp3) is 0.214. The number of nitrogens with two attached hydrogens (primary N) is 1. The molecule has 0 aliphatic carbocycles. The zero-order valence-corrected chi connectivity index (χ0v) is 10.2. The van der Waals surface area contributed by atoms with E-state index in [1.54, 1.807) is 31.2 Å². The van der Waals surface area contributed by atoms with Gasteiger partial charge in [0.15, 0.2) is 0 Å². The fourth-order valence-corrected chi connectivity index (χ4v) is 1.68. The first-order chi connectivity index (χ1) is 8.38. The van der Waals surface area contributed by atoms with Crippen LogP contribution in [0.5, 0.6) is 0 Å². The number of aryl methyl sites for hydroxylation is 1. The first-order valence-corrected chi connectivity index (χ1v) is 5.60. The van der Waals surface area contributed by atoms with Crippen LogP contribution >= 0.6 is 0 Å². The van der Waals surface area contributed by atoms with E-state index in [1.165, 1.54) is 12.1 Å². The van der Waals surface area contributed by atoms with Gasteiger partial charge in [-0.15, -0.1) is 0 Å². The van der Waals surface area contributed by atoms with Crippen LogP contribution in [0, 0.1) is 6.92 Å². The van der Waals surface area contributed by atoms with Crippen molar-refractivity contribution in [2.45, 2.75) is 19.8 Å². The summed E-state index contributed by atoms with van der Waals surface area (Å²) in [6, 6.07) is 9.69. The van der Waals surface area contributed by atoms with Gasteiger partial charge in [0.05, 0.1) is 17.1 Å². The monoisotopic (exact) mass is 248 g/mol. The van der Waals surface area contributed by atoms with Gasteiger partial charge >= 0.3 is 0 Å². The highest BCUT2D eigenvalue weighted by Crippen LogP contribution is 2.30. The third kappa shape index (κ3) is 2.47. The number of hydrogen-bond acceptors (Lipinski definition) is 2. The zero-order valence-electron chi connectivity index (χ0n) is 10.2. The lowest BCUT2D eigenvalue weighted by Crippen LogP contribution is -2.06. The van der Waals surface area contributed by atoms with E-state index >= 15 is 0 Å². The van der Waals surface area contributed by atoms with Crippen molar-refractivity contribution < 1.29 is 8.78 Å². The highest BCUT2D eigenvalue weighted by atomic mass is 19.3. The van der Waals surface area contributed by atoms with Crippen LogP contribution in [0.4, 0.5) is 14.5 Å². The second-order valence-corrected chi connectivity index (χ2v) is 4.34. The molecule has 0 aliphatic rings. The summed E-state index contributed by atoms with van der Waals surface area (Å²) in [4.78, 5) is 4.30. The largest absolute Gasteiger partial charge is 0.397 e. The first-order valence-electron chi connectivity index (χ1n) is 5.60. The molecule has 1 heterocycles. The molecule has 1 aromatic heterocycles. The number of anilines is 1. The average molecular weight is 248 g/mol. The van der Waals surface area contributed by atoms with Gasteiger partial charge in [0.25, 0.3) is 5.92 Å². The van der Waals surface area contributed by atoms with Crippen molar-refractivity contribution in [2.75, 3.05) is 5.73 Å². The highest BCUT2D eigenvalue weighted by molar-refractivity contribution is 5.63. The Balaban J connectivity index is 2.48. The van der Waals surface area contributed by atoms with Crippen molar-refractivity contribution in [3.05, 3.63) is 47.7 Å². The Morgan fingerprint density at radius 3 is 2.50 bits per heavy atom. The number of nitrogen functional groups attached to an aromatic ring is 1. The van der Waals surface area contributed by atoms with Gasteiger partial charge in [-0.2, -0.15) is 0 Å². The maximum atomic E-state index is 13.3. The molecule has 0 unspecified atom stereocenters. The number of halogens is 2. The molecular weight excluding hydrogens is 234 g/mol. The van der Waals surface area contributed by atoms with E-state index in [0.29, 0.717) is 22.6 Å². The quantitative estimate of drug-likeness (QED) is 0.879. The van der Waals surface area contributed by atoms with Crippen LogP contribution in [0.2, 0.25) is 0 Å². The fourth-order valence-electron chi connectivity index (χ4n) is 1.68. The van der Waals surface area contributed by atoms with Crippen LogP contribution in [-0.2, 0) is 5.92 Å². The molecule has 0 radical (unpaired) electrons. The molecule has 0 spiro atoms. The number of pyridine rings is 1. The Hall–Kier alpha value is -1.97. The van der Waals surface area contributed by atoms with E-state index < -0.39 is 5.92 Å². The van der Waals surface area contributed by atoms with Gasteiger partial charge in [-0.05, 0) is 25.1 Å². The first kappa shape index (κ1) is 12.5. The van der Waals surface area contributed by atoms with Crippen LogP contribution in [0.15, 0.2) is 36.4 Å². The van der Waals surface area contributed by atoms with Gasteiger partial charge < -0.3 is 5.73 Å². The summed E-state index contributed by atoms with van der Waals surface area (Å²) >= 11 is 0.